The van der Waals surface area contributed by atoms with Gasteiger partial charge in [-0.3, -0.25) is 4.98 Å². The minimum atomic E-state index is -0.977. The standard InChI is InChI=1S/C26H23FN2O2/c1-15-11-22(17(3)28-24-10-5-4-9-20(24)26(30)31)23-14-21(16(2)29-25(23)12-15)18-7-6-8-19(27)13-18/h4-14,17,28H,1-3H3,(H,30,31)/t17-/m1/s1. The van der Waals surface area contributed by atoms with Crippen LogP contribution >= 0.6 is 0 Å². The number of anilines is 1. The second kappa shape index (κ2) is 8.19. The van der Waals surface area contributed by atoms with E-state index in [0.29, 0.717) is 5.69 Å². The third-order valence-electron chi connectivity index (χ3n) is 5.43. The van der Waals surface area contributed by atoms with Gasteiger partial charge in [0.25, 0.3) is 0 Å². The molecule has 5 heteroatoms. The molecule has 4 nitrogen and oxygen atoms in total. The lowest BCUT2D eigenvalue weighted by molar-refractivity contribution is 0.0698. The highest BCUT2D eigenvalue weighted by Crippen LogP contribution is 2.33. The largest absolute Gasteiger partial charge is 0.478 e. The molecular weight excluding hydrogens is 391 g/mol. The van der Waals surface area contributed by atoms with Crippen LogP contribution in [0.15, 0.2) is 66.7 Å². The summed E-state index contributed by atoms with van der Waals surface area (Å²) in [7, 11) is 0. The lowest BCUT2D eigenvalue weighted by Gasteiger charge is -2.20. The molecule has 1 aromatic heterocycles. The lowest BCUT2D eigenvalue weighted by atomic mass is 9.95. The van der Waals surface area contributed by atoms with Gasteiger partial charge in [-0.15, -0.1) is 0 Å². The summed E-state index contributed by atoms with van der Waals surface area (Å²) in [6.07, 6.45) is 0. The summed E-state index contributed by atoms with van der Waals surface area (Å²) in [6.45, 7) is 5.93. The van der Waals surface area contributed by atoms with E-state index in [1.54, 1.807) is 24.3 Å². The fourth-order valence-corrected chi connectivity index (χ4v) is 3.96. The molecule has 1 heterocycles. The number of para-hydroxylation sites is 1. The monoisotopic (exact) mass is 414 g/mol. The van der Waals surface area contributed by atoms with Crippen molar-refractivity contribution < 1.29 is 14.3 Å². The summed E-state index contributed by atoms with van der Waals surface area (Å²) in [4.78, 5) is 16.4. The summed E-state index contributed by atoms with van der Waals surface area (Å²) in [5.41, 5.74) is 6.17. The van der Waals surface area contributed by atoms with Gasteiger partial charge in [0.1, 0.15) is 5.82 Å². The molecule has 0 fully saturated rings. The molecule has 0 aliphatic heterocycles. The number of nitrogens with zero attached hydrogens (tertiary/aromatic N) is 1. The number of fused-ring (bicyclic) bond motifs is 1. The number of aromatic carboxylic acids is 1. The highest BCUT2D eigenvalue weighted by molar-refractivity contribution is 5.94. The van der Waals surface area contributed by atoms with Crippen LogP contribution in [0.1, 0.15) is 40.1 Å². The van der Waals surface area contributed by atoms with Gasteiger partial charge in [-0.2, -0.15) is 0 Å². The van der Waals surface area contributed by atoms with Gasteiger partial charge in [-0.25, -0.2) is 9.18 Å². The van der Waals surface area contributed by atoms with Crippen molar-refractivity contribution in [3.63, 3.8) is 0 Å². The van der Waals surface area contributed by atoms with Crippen molar-refractivity contribution >= 4 is 22.6 Å². The molecular formula is C26H23FN2O2. The van der Waals surface area contributed by atoms with E-state index in [1.807, 2.05) is 45.0 Å². The quantitative estimate of drug-likeness (QED) is 0.390. The van der Waals surface area contributed by atoms with Crippen molar-refractivity contribution in [3.05, 3.63) is 94.9 Å². The zero-order chi connectivity index (χ0) is 22.1. The number of benzene rings is 3. The molecule has 0 aliphatic carbocycles. The van der Waals surface area contributed by atoms with Gasteiger partial charge in [0.05, 0.1) is 11.1 Å². The Morgan fingerprint density at radius 1 is 1.03 bits per heavy atom. The zero-order valence-electron chi connectivity index (χ0n) is 17.6. The number of aryl methyl sites for hydroxylation is 2. The summed E-state index contributed by atoms with van der Waals surface area (Å²) in [5.74, 6) is -1.27. The topological polar surface area (TPSA) is 62.2 Å². The predicted octanol–water partition coefficient (Wildman–Crippen LogP) is 6.53. The second-order valence-corrected chi connectivity index (χ2v) is 7.77. The third-order valence-corrected chi connectivity index (χ3v) is 5.43. The van der Waals surface area contributed by atoms with E-state index in [-0.39, 0.29) is 17.4 Å². The number of carboxylic acids is 1. The van der Waals surface area contributed by atoms with Gasteiger partial charge in [-0.1, -0.05) is 30.3 Å². The lowest BCUT2D eigenvalue weighted by Crippen LogP contribution is -2.11. The summed E-state index contributed by atoms with van der Waals surface area (Å²) in [5, 5.41) is 13.8. The van der Waals surface area contributed by atoms with Crippen LogP contribution in [0.5, 0.6) is 0 Å². The first-order valence-corrected chi connectivity index (χ1v) is 10.1. The average molecular weight is 414 g/mol. The highest BCUT2D eigenvalue weighted by Gasteiger charge is 2.17. The van der Waals surface area contributed by atoms with E-state index >= 15 is 0 Å². The maximum atomic E-state index is 13.8. The Balaban J connectivity index is 1.84. The van der Waals surface area contributed by atoms with Crippen LogP contribution in [0.25, 0.3) is 22.0 Å². The van der Waals surface area contributed by atoms with Crippen molar-refractivity contribution in [3.8, 4) is 11.1 Å². The number of pyridine rings is 1. The first-order chi connectivity index (χ1) is 14.8. The Kier molecular flexibility index (Phi) is 5.42. The van der Waals surface area contributed by atoms with Crippen molar-refractivity contribution in [1.82, 2.24) is 4.98 Å². The molecule has 0 saturated heterocycles. The number of rotatable bonds is 5. The van der Waals surface area contributed by atoms with Crippen LogP contribution in [0.2, 0.25) is 0 Å². The Morgan fingerprint density at radius 2 is 1.81 bits per heavy atom. The Morgan fingerprint density at radius 3 is 2.55 bits per heavy atom. The molecule has 0 aliphatic rings. The molecule has 31 heavy (non-hydrogen) atoms. The molecule has 0 amide bonds. The van der Waals surface area contributed by atoms with Gasteiger partial charge in [-0.05, 0) is 73.9 Å². The fraction of sp³-hybridized carbons (Fsp3) is 0.154. The molecule has 1 atom stereocenters. The van der Waals surface area contributed by atoms with Gasteiger partial charge >= 0.3 is 5.97 Å². The molecule has 2 N–H and O–H groups in total. The van der Waals surface area contributed by atoms with E-state index in [4.69, 9.17) is 4.98 Å². The molecule has 0 radical (unpaired) electrons. The smallest absolute Gasteiger partial charge is 0.337 e. The summed E-state index contributed by atoms with van der Waals surface area (Å²) >= 11 is 0. The van der Waals surface area contributed by atoms with Gasteiger partial charge in [0.15, 0.2) is 0 Å². The van der Waals surface area contributed by atoms with E-state index < -0.39 is 5.97 Å². The first kappa shape index (κ1) is 20.5. The summed E-state index contributed by atoms with van der Waals surface area (Å²) in [6, 6.07) is 19.3. The normalized spacial score (nSPS) is 12.0. The van der Waals surface area contributed by atoms with E-state index in [9.17, 15) is 14.3 Å². The van der Waals surface area contributed by atoms with Crippen LogP contribution in [0, 0.1) is 19.7 Å². The molecule has 0 bridgehead atoms. The van der Waals surface area contributed by atoms with Crippen molar-refractivity contribution in [2.24, 2.45) is 0 Å². The van der Waals surface area contributed by atoms with Gasteiger partial charge < -0.3 is 10.4 Å². The van der Waals surface area contributed by atoms with E-state index in [0.717, 1.165) is 38.9 Å². The van der Waals surface area contributed by atoms with Crippen molar-refractivity contribution in [2.45, 2.75) is 26.8 Å². The molecule has 0 unspecified atom stereocenters. The molecule has 0 spiro atoms. The fourth-order valence-electron chi connectivity index (χ4n) is 3.96. The Hall–Kier alpha value is -3.73. The third kappa shape index (κ3) is 4.12. The molecule has 0 saturated carbocycles. The molecule has 4 aromatic rings. The first-order valence-electron chi connectivity index (χ1n) is 10.1. The van der Waals surface area contributed by atoms with Gasteiger partial charge in [0, 0.05) is 28.4 Å². The van der Waals surface area contributed by atoms with Crippen LogP contribution in [0.3, 0.4) is 0 Å². The number of halogens is 1. The zero-order valence-corrected chi connectivity index (χ0v) is 17.6. The number of carboxylic acid groups (broad SMARTS) is 1. The summed E-state index contributed by atoms with van der Waals surface area (Å²) < 4.78 is 13.8. The number of nitrogens with one attached hydrogen (secondary N) is 1. The Labute approximate surface area is 180 Å². The minimum Gasteiger partial charge on any atom is -0.478 e. The number of carbonyl (C=O) groups is 1. The predicted molar refractivity (Wildman–Crippen MR) is 122 cm³/mol. The number of aromatic nitrogens is 1. The van der Waals surface area contributed by atoms with Crippen LogP contribution in [-0.2, 0) is 0 Å². The van der Waals surface area contributed by atoms with Gasteiger partial charge in [0.2, 0.25) is 0 Å². The van der Waals surface area contributed by atoms with E-state index in [1.165, 1.54) is 12.1 Å². The molecule has 3 aromatic carbocycles. The maximum absolute atomic E-state index is 13.8. The van der Waals surface area contributed by atoms with Crippen molar-refractivity contribution in [1.29, 1.82) is 0 Å². The van der Waals surface area contributed by atoms with Crippen LogP contribution in [-0.4, -0.2) is 16.1 Å². The molecule has 156 valence electrons. The molecule has 4 rings (SSSR count). The number of hydrogen-bond acceptors (Lipinski definition) is 3. The highest BCUT2D eigenvalue weighted by atomic mass is 19.1. The number of hydrogen-bond donors (Lipinski definition) is 2. The van der Waals surface area contributed by atoms with Crippen LogP contribution in [0.4, 0.5) is 10.1 Å². The SMILES string of the molecule is Cc1cc([C@@H](C)Nc2ccccc2C(=O)O)c2cc(-c3cccc(F)c3)c(C)nc2c1. The Bertz CT molecular complexity index is 1300. The second-order valence-electron chi connectivity index (χ2n) is 7.77. The van der Waals surface area contributed by atoms with Crippen LogP contribution < -0.4 is 5.32 Å². The minimum absolute atomic E-state index is 0.173. The maximum Gasteiger partial charge on any atom is 0.337 e. The van der Waals surface area contributed by atoms with Crippen molar-refractivity contribution in [2.75, 3.05) is 5.32 Å². The van der Waals surface area contributed by atoms with E-state index in [2.05, 4.69) is 11.4 Å². The average Bonchev–Trinajstić information content (AvgIpc) is 2.72.